The number of rotatable bonds is 6. The van der Waals surface area contributed by atoms with Crippen molar-refractivity contribution in [2.24, 2.45) is 0 Å². The fraction of sp³-hybridized carbons (Fsp3) is 0.500. The first kappa shape index (κ1) is 18.6. The van der Waals surface area contributed by atoms with Crippen molar-refractivity contribution < 1.29 is 14.4 Å². The van der Waals surface area contributed by atoms with Crippen LogP contribution in [0.4, 0.5) is 0 Å². The highest BCUT2D eigenvalue weighted by atomic mass is 16.5. The van der Waals surface area contributed by atoms with Gasteiger partial charge in [0.1, 0.15) is 0 Å². The lowest BCUT2D eigenvalue weighted by Gasteiger charge is -2.36. The van der Waals surface area contributed by atoms with Crippen molar-refractivity contribution in [3.8, 4) is 0 Å². The van der Waals surface area contributed by atoms with Gasteiger partial charge >= 0.3 is 0 Å². The van der Waals surface area contributed by atoms with Gasteiger partial charge in [-0.25, -0.2) is 0 Å². The number of nitrogens with zero attached hydrogens (tertiary/aromatic N) is 3. The van der Waals surface area contributed by atoms with Gasteiger partial charge in [0.15, 0.2) is 11.5 Å². The Morgan fingerprint density at radius 1 is 1.38 bits per heavy atom. The average molecular weight is 357 g/mol. The Kier molecular flexibility index (Phi) is 5.74. The molecule has 6 heteroatoms. The van der Waals surface area contributed by atoms with E-state index in [0.29, 0.717) is 37.5 Å². The number of amides is 1. The fourth-order valence-corrected chi connectivity index (χ4v) is 3.35. The predicted octanol–water partition coefficient (Wildman–Crippen LogP) is 2.34. The molecule has 1 aliphatic rings. The van der Waals surface area contributed by atoms with Gasteiger partial charge in [-0.2, -0.15) is 0 Å². The summed E-state index contributed by atoms with van der Waals surface area (Å²) in [4.78, 5) is 16.4. The Morgan fingerprint density at radius 3 is 2.88 bits per heavy atom. The molecule has 1 saturated heterocycles. The molecular formula is C20H27N3O3. The molecule has 0 aliphatic carbocycles. The number of likely N-dealkylation sites (N-methyl/N-ethyl adjacent to an activating group) is 1. The van der Waals surface area contributed by atoms with Crippen molar-refractivity contribution in [3.63, 3.8) is 0 Å². The summed E-state index contributed by atoms with van der Waals surface area (Å²) in [5.41, 5.74) is 0.789. The summed E-state index contributed by atoms with van der Waals surface area (Å²) in [6.07, 6.45) is 2.47. The molecular weight excluding hydrogens is 330 g/mol. The molecule has 1 amide bonds. The summed E-state index contributed by atoms with van der Waals surface area (Å²) < 4.78 is 5.35. The Hall–Kier alpha value is -2.18. The van der Waals surface area contributed by atoms with E-state index >= 15 is 0 Å². The summed E-state index contributed by atoms with van der Waals surface area (Å²) in [6, 6.07) is 12.1. The minimum absolute atomic E-state index is 0.174. The molecule has 1 aromatic carbocycles. The molecule has 1 fully saturated rings. The van der Waals surface area contributed by atoms with Gasteiger partial charge in [0, 0.05) is 25.7 Å². The molecule has 6 nitrogen and oxygen atoms in total. The first-order valence-corrected chi connectivity index (χ1v) is 9.13. The summed E-state index contributed by atoms with van der Waals surface area (Å²) in [6.45, 7) is 4.25. The maximum Gasteiger partial charge on any atom is 0.276 e. The third-order valence-electron chi connectivity index (χ3n) is 4.79. The van der Waals surface area contributed by atoms with E-state index in [0.717, 1.165) is 19.4 Å². The zero-order valence-corrected chi connectivity index (χ0v) is 15.5. The second-order valence-corrected chi connectivity index (χ2v) is 7.48. The molecule has 140 valence electrons. The molecule has 0 saturated carbocycles. The van der Waals surface area contributed by atoms with E-state index in [1.807, 2.05) is 25.2 Å². The van der Waals surface area contributed by atoms with Crippen molar-refractivity contribution in [1.82, 2.24) is 15.0 Å². The topological polar surface area (TPSA) is 69.8 Å². The minimum Gasteiger partial charge on any atom is -0.388 e. The van der Waals surface area contributed by atoms with E-state index in [9.17, 15) is 9.90 Å². The Bertz CT molecular complexity index is 727. The van der Waals surface area contributed by atoms with Crippen LogP contribution in [-0.4, -0.2) is 58.3 Å². The van der Waals surface area contributed by atoms with Crippen LogP contribution in [0.25, 0.3) is 0 Å². The number of likely N-dealkylation sites (tertiary alicyclic amines) is 1. The Balaban J connectivity index is 1.53. The molecule has 0 bridgehead atoms. The number of carbonyl (C=O) groups is 1. The van der Waals surface area contributed by atoms with Crippen LogP contribution in [0.3, 0.4) is 0 Å². The zero-order valence-electron chi connectivity index (χ0n) is 15.5. The number of benzene rings is 1. The molecule has 1 N–H and O–H groups in total. The number of aromatic nitrogens is 1. The highest BCUT2D eigenvalue weighted by Gasteiger charge is 2.32. The van der Waals surface area contributed by atoms with Crippen LogP contribution in [0.15, 0.2) is 40.9 Å². The van der Waals surface area contributed by atoms with Gasteiger partial charge in [-0.1, -0.05) is 35.5 Å². The number of hydrogen-bond acceptors (Lipinski definition) is 5. The predicted molar refractivity (Wildman–Crippen MR) is 98.7 cm³/mol. The van der Waals surface area contributed by atoms with Crippen molar-refractivity contribution in [3.05, 3.63) is 53.4 Å². The van der Waals surface area contributed by atoms with Gasteiger partial charge in [0.05, 0.1) is 12.1 Å². The van der Waals surface area contributed by atoms with Crippen LogP contribution < -0.4 is 0 Å². The quantitative estimate of drug-likeness (QED) is 0.859. The van der Waals surface area contributed by atoms with E-state index < -0.39 is 5.60 Å². The van der Waals surface area contributed by atoms with Crippen LogP contribution in [0.1, 0.15) is 41.6 Å². The second kappa shape index (κ2) is 8.01. The molecule has 3 rings (SSSR count). The van der Waals surface area contributed by atoms with Gasteiger partial charge in [0.25, 0.3) is 5.91 Å². The highest BCUT2D eigenvalue weighted by molar-refractivity contribution is 5.92. The lowest BCUT2D eigenvalue weighted by molar-refractivity contribution is -0.0110. The number of carbonyl (C=O) groups excluding carboxylic acids is 1. The van der Waals surface area contributed by atoms with Gasteiger partial charge in [-0.05, 0) is 38.8 Å². The summed E-state index contributed by atoms with van der Waals surface area (Å²) in [5, 5.41) is 14.1. The van der Waals surface area contributed by atoms with Crippen LogP contribution in [0, 0.1) is 0 Å². The third kappa shape index (κ3) is 4.93. The minimum atomic E-state index is -0.821. The fourth-order valence-electron chi connectivity index (χ4n) is 3.35. The third-order valence-corrected chi connectivity index (χ3v) is 4.79. The van der Waals surface area contributed by atoms with Gasteiger partial charge in [0.2, 0.25) is 0 Å². The highest BCUT2D eigenvalue weighted by Crippen LogP contribution is 2.22. The van der Waals surface area contributed by atoms with Gasteiger partial charge in [-0.15, -0.1) is 0 Å². The first-order valence-electron chi connectivity index (χ1n) is 9.13. The maximum absolute atomic E-state index is 12.6. The lowest BCUT2D eigenvalue weighted by atomic mass is 9.95. The molecule has 1 atom stereocenters. The Labute approximate surface area is 154 Å². The average Bonchev–Trinajstić information content (AvgIpc) is 3.08. The van der Waals surface area contributed by atoms with E-state index in [4.69, 9.17) is 4.52 Å². The molecule has 1 aliphatic heterocycles. The molecule has 2 aromatic rings. The van der Waals surface area contributed by atoms with Crippen molar-refractivity contribution in [2.75, 3.05) is 26.7 Å². The number of β-amino-alcohol motifs (C(OH)–C–C–N with tert-alkyl or cyclic N) is 1. The molecule has 2 heterocycles. The summed E-state index contributed by atoms with van der Waals surface area (Å²) in [7, 11) is 2.02. The van der Waals surface area contributed by atoms with Gasteiger partial charge < -0.3 is 14.5 Å². The summed E-state index contributed by atoms with van der Waals surface area (Å²) >= 11 is 0. The molecule has 1 aromatic heterocycles. The van der Waals surface area contributed by atoms with E-state index in [1.54, 1.807) is 17.9 Å². The van der Waals surface area contributed by atoms with E-state index in [1.165, 1.54) is 5.56 Å². The smallest absolute Gasteiger partial charge is 0.276 e. The monoisotopic (exact) mass is 357 g/mol. The van der Waals surface area contributed by atoms with Gasteiger partial charge in [-0.3, -0.25) is 9.69 Å². The largest absolute Gasteiger partial charge is 0.388 e. The molecule has 0 radical (unpaired) electrons. The zero-order chi connectivity index (χ0) is 18.6. The van der Waals surface area contributed by atoms with Crippen LogP contribution in [-0.2, 0) is 13.0 Å². The van der Waals surface area contributed by atoms with Crippen molar-refractivity contribution >= 4 is 5.91 Å². The number of hydrogen-bond donors (Lipinski definition) is 1. The SMILES string of the molecule is CN(CCc1ccccc1)Cc1cc(C(=O)N2CCCC(C)(O)C2)no1. The number of aliphatic hydroxyl groups is 1. The van der Waals surface area contributed by atoms with Crippen molar-refractivity contribution in [2.45, 2.75) is 38.3 Å². The molecule has 1 unspecified atom stereocenters. The van der Waals surface area contributed by atoms with Crippen molar-refractivity contribution in [1.29, 1.82) is 0 Å². The lowest BCUT2D eigenvalue weighted by Crippen LogP contribution is -2.48. The van der Waals surface area contributed by atoms with E-state index in [-0.39, 0.29) is 5.91 Å². The Morgan fingerprint density at radius 2 is 2.15 bits per heavy atom. The second-order valence-electron chi connectivity index (χ2n) is 7.48. The molecule has 0 spiro atoms. The maximum atomic E-state index is 12.6. The van der Waals surface area contributed by atoms with Crippen LogP contribution in [0.5, 0.6) is 0 Å². The normalized spacial score (nSPS) is 20.5. The molecule has 26 heavy (non-hydrogen) atoms. The van der Waals surface area contributed by atoms with Crippen LogP contribution in [0.2, 0.25) is 0 Å². The first-order chi connectivity index (χ1) is 12.4. The summed E-state index contributed by atoms with van der Waals surface area (Å²) in [5.74, 6) is 0.500. The standard InChI is InChI=1S/C20H27N3O3/c1-20(25)10-6-11-23(15-20)19(24)18-13-17(26-21-18)14-22(2)12-9-16-7-4-3-5-8-16/h3-5,7-8,13,25H,6,9-12,14-15H2,1-2H3. The van der Waals surface area contributed by atoms with Crippen LogP contribution >= 0.6 is 0 Å². The number of piperidine rings is 1. The van der Waals surface area contributed by atoms with E-state index in [2.05, 4.69) is 22.2 Å².